The number of nitrogens with zero attached hydrogens (tertiary/aromatic N) is 1. The van der Waals surface area contributed by atoms with Crippen LogP contribution in [-0.2, 0) is 0 Å². The average Bonchev–Trinajstić information content (AvgIpc) is 2.27. The first-order valence-electron chi connectivity index (χ1n) is 8.07. The fourth-order valence-electron chi connectivity index (χ4n) is 4.17. The molecule has 0 aromatic rings. The number of hydrogen-bond donors (Lipinski definition) is 1. The lowest BCUT2D eigenvalue weighted by Crippen LogP contribution is -2.62. The molecule has 1 fully saturated rings. The van der Waals surface area contributed by atoms with Crippen molar-refractivity contribution in [2.45, 2.75) is 78.8 Å². The van der Waals surface area contributed by atoms with E-state index in [0.29, 0.717) is 17.4 Å². The zero-order chi connectivity index (χ0) is 14.8. The van der Waals surface area contributed by atoms with Crippen LogP contribution < -0.4 is 5.73 Å². The maximum atomic E-state index is 6.25. The van der Waals surface area contributed by atoms with Gasteiger partial charge in [-0.2, -0.15) is 0 Å². The topological polar surface area (TPSA) is 29.3 Å². The molecule has 0 spiro atoms. The van der Waals surface area contributed by atoms with E-state index in [0.717, 1.165) is 12.5 Å². The van der Waals surface area contributed by atoms with Crippen molar-refractivity contribution >= 4 is 0 Å². The van der Waals surface area contributed by atoms with Crippen LogP contribution in [0.3, 0.4) is 0 Å². The van der Waals surface area contributed by atoms with Crippen LogP contribution in [0.25, 0.3) is 0 Å². The van der Waals surface area contributed by atoms with E-state index in [-0.39, 0.29) is 5.54 Å². The molecule has 1 saturated carbocycles. The van der Waals surface area contributed by atoms with Crippen molar-refractivity contribution in [1.82, 2.24) is 4.90 Å². The van der Waals surface area contributed by atoms with Crippen molar-refractivity contribution < 1.29 is 0 Å². The van der Waals surface area contributed by atoms with Crippen molar-refractivity contribution in [2.24, 2.45) is 23.0 Å². The van der Waals surface area contributed by atoms with Gasteiger partial charge in [0.25, 0.3) is 0 Å². The molecule has 2 nitrogen and oxygen atoms in total. The van der Waals surface area contributed by atoms with E-state index in [9.17, 15) is 0 Å². The highest BCUT2D eigenvalue weighted by molar-refractivity contribution is 5.02. The van der Waals surface area contributed by atoms with E-state index in [2.05, 4.69) is 53.5 Å². The van der Waals surface area contributed by atoms with E-state index in [1.165, 1.54) is 25.7 Å². The fourth-order valence-corrected chi connectivity index (χ4v) is 4.17. The van der Waals surface area contributed by atoms with Crippen molar-refractivity contribution in [3.63, 3.8) is 0 Å². The second-order valence-electron chi connectivity index (χ2n) is 8.17. The molecule has 1 aliphatic rings. The van der Waals surface area contributed by atoms with Gasteiger partial charge in [0, 0.05) is 18.1 Å². The summed E-state index contributed by atoms with van der Waals surface area (Å²) in [6.07, 6.45) is 5.10. The Morgan fingerprint density at radius 1 is 1.21 bits per heavy atom. The Bertz CT molecular complexity index is 285. The highest BCUT2D eigenvalue weighted by Crippen LogP contribution is 2.46. The summed E-state index contributed by atoms with van der Waals surface area (Å²) in [5, 5.41) is 0. The lowest BCUT2D eigenvalue weighted by atomic mass is 9.63. The minimum Gasteiger partial charge on any atom is -0.329 e. The molecule has 1 aliphatic carbocycles. The maximum absolute atomic E-state index is 6.25. The zero-order valence-corrected chi connectivity index (χ0v) is 14.3. The molecule has 0 aromatic carbocycles. The van der Waals surface area contributed by atoms with Gasteiger partial charge in [0.1, 0.15) is 0 Å². The average molecular weight is 268 g/mol. The summed E-state index contributed by atoms with van der Waals surface area (Å²) in [5.41, 5.74) is 6.94. The van der Waals surface area contributed by atoms with E-state index < -0.39 is 0 Å². The third-order valence-electron chi connectivity index (χ3n) is 5.54. The quantitative estimate of drug-likeness (QED) is 0.819. The van der Waals surface area contributed by atoms with Crippen molar-refractivity contribution in [2.75, 3.05) is 13.6 Å². The van der Waals surface area contributed by atoms with Gasteiger partial charge >= 0.3 is 0 Å². The Morgan fingerprint density at radius 3 is 2.21 bits per heavy atom. The van der Waals surface area contributed by atoms with Gasteiger partial charge in [-0.15, -0.1) is 0 Å². The number of hydrogen-bond acceptors (Lipinski definition) is 2. The highest BCUT2D eigenvalue weighted by Gasteiger charge is 2.46. The summed E-state index contributed by atoms with van der Waals surface area (Å²) < 4.78 is 0. The van der Waals surface area contributed by atoms with Gasteiger partial charge in [-0.3, -0.25) is 4.90 Å². The predicted octanol–water partition coefficient (Wildman–Crippen LogP) is 3.90. The summed E-state index contributed by atoms with van der Waals surface area (Å²) in [6, 6.07) is 0.618. The van der Waals surface area contributed by atoms with E-state index in [4.69, 9.17) is 5.73 Å². The Kier molecular flexibility index (Phi) is 5.48. The molecule has 0 amide bonds. The molecule has 0 heterocycles. The molecule has 0 aromatic heterocycles. The molecular weight excluding hydrogens is 232 g/mol. The number of nitrogens with two attached hydrogens (primary N) is 1. The van der Waals surface area contributed by atoms with Gasteiger partial charge in [0.05, 0.1) is 0 Å². The Hall–Kier alpha value is -0.0800. The Balaban J connectivity index is 2.85. The molecule has 3 unspecified atom stereocenters. The molecule has 0 aliphatic heterocycles. The molecule has 1 rings (SSSR count). The smallest absolute Gasteiger partial charge is 0.0357 e. The van der Waals surface area contributed by atoms with Crippen molar-refractivity contribution in [3.05, 3.63) is 0 Å². The van der Waals surface area contributed by atoms with Crippen LogP contribution in [0.4, 0.5) is 0 Å². The second-order valence-corrected chi connectivity index (χ2v) is 8.17. The lowest BCUT2D eigenvalue weighted by molar-refractivity contribution is -0.0304. The third kappa shape index (κ3) is 3.72. The number of likely N-dealkylation sites (N-methyl/N-ethyl adjacent to an activating group) is 1. The van der Waals surface area contributed by atoms with E-state index >= 15 is 0 Å². The monoisotopic (exact) mass is 268 g/mol. The second kappa shape index (κ2) is 6.13. The third-order valence-corrected chi connectivity index (χ3v) is 5.54. The highest BCUT2D eigenvalue weighted by atomic mass is 15.2. The molecule has 0 radical (unpaired) electrons. The first-order chi connectivity index (χ1) is 8.64. The van der Waals surface area contributed by atoms with Crippen LogP contribution in [0.2, 0.25) is 0 Å². The molecule has 0 bridgehead atoms. The number of rotatable bonds is 5. The zero-order valence-electron chi connectivity index (χ0n) is 14.3. The van der Waals surface area contributed by atoms with Gasteiger partial charge in [0.15, 0.2) is 0 Å². The van der Waals surface area contributed by atoms with Crippen LogP contribution in [0, 0.1) is 17.3 Å². The van der Waals surface area contributed by atoms with Gasteiger partial charge in [-0.25, -0.2) is 0 Å². The Morgan fingerprint density at radius 2 is 1.79 bits per heavy atom. The first kappa shape index (κ1) is 17.0. The van der Waals surface area contributed by atoms with Crippen molar-refractivity contribution in [1.29, 1.82) is 0 Å². The molecule has 3 atom stereocenters. The van der Waals surface area contributed by atoms with Crippen LogP contribution in [0.1, 0.15) is 67.2 Å². The summed E-state index contributed by atoms with van der Waals surface area (Å²) in [5.74, 6) is 1.43. The van der Waals surface area contributed by atoms with Crippen LogP contribution in [0.5, 0.6) is 0 Å². The molecular formula is C17H36N2. The fraction of sp³-hybridized carbons (Fsp3) is 1.00. The van der Waals surface area contributed by atoms with Crippen LogP contribution >= 0.6 is 0 Å². The predicted molar refractivity (Wildman–Crippen MR) is 85.3 cm³/mol. The van der Waals surface area contributed by atoms with Gasteiger partial charge in [-0.1, -0.05) is 34.6 Å². The van der Waals surface area contributed by atoms with Crippen molar-refractivity contribution in [3.8, 4) is 0 Å². The normalized spacial score (nSPS) is 32.8. The van der Waals surface area contributed by atoms with Crippen LogP contribution in [-0.4, -0.2) is 30.1 Å². The molecule has 2 N–H and O–H groups in total. The summed E-state index contributed by atoms with van der Waals surface area (Å²) in [6.45, 7) is 15.0. The first-order valence-corrected chi connectivity index (χ1v) is 8.07. The molecule has 114 valence electrons. The lowest BCUT2D eigenvalue weighted by Gasteiger charge is -2.54. The summed E-state index contributed by atoms with van der Waals surface area (Å²) >= 11 is 0. The molecule has 0 saturated heterocycles. The van der Waals surface area contributed by atoms with Gasteiger partial charge in [0.2, 0.25) is 0 Å². The minimum atomic E-state index is 0.212. The standard InChI is InChI=1S/C17H36N2/c1-13(2)10-15(4)19(7)17(12-18)9-8-16(5,6)11-14(17)3/h13-15H,8-12,18H2,1-7H3. The molecule has 2 heteroatoms. The maximum Gasteiger partial charge on any atom is 0.0357 e. The van der Waals surface area contributed by atoms with Gasteiger partial charge in [-0.05, 0) is 56.9 Å². The summed E-state index contributed by atoms with van der Waals surface area (Å²) in [4.78, 5) is 2.60. The van der Waals surface area contributed by atoms with E-state index in [1.54, 1.807) is 0 Å². The largest absolute Gasteiger partial charge is 0.329 e. The van der Waals surface area contributed by atoms with Gasteiger partial charge < -0.3 is 5.73 Å². The van der Waals surface area contributed by atoms with E-state index in [1.807, 2.05) is 0 Å². The van der Waals surface area contributed by atoms with Crippen LogP contribution in [0.15, 0.2) is 0 Å². The Labute approximate surface area is 121 Å². The summed E-state index contributed by atoms with van der Waals surface area (Å²) in [7, 11) is 2.30. The SMILES string of the molecule is CC(C)CC(C)N(C)C1(CN)CCC(C)(C)CC1C. The molecule has 19 heavy (non-hydrogen) atoms. The minimum absolute atomic E-state index is 0.212.